The number of nitrogens with zero attached hydrogens (tertiary/aromatic N) is 2. The molecule has 1 aliphatic rings. The lowest BCUT2D eigenvalue weighted by Gasteiger charge is -2.21. The Balaban J connectivity index is 1.52. The summed E-state index contributed by atoms with van der Waals surface area (Å²) in [5.41, 5.74) is 0.976. The fourth-order valence-corrected chi connectivity index (χ4v) is 4.24. The lowest BCUT2D eigenvalue weighted by molar-refractivity contribution is -0.118. The van der Waals surface area contributed by atoms with Crippen molar-refractivity contribution in [1.29, 1.82) is 0 Å². The number of para-hydroxylation sites is 1. The lowest BCUT2D eigenvalue weighted by atomic mass is 9.86. The standard InChI is InChI=1S/C18H24N2OS/c1-20(18-19-15-11-5-6-12-16(15)22-18)17(21)13-7-10-14-8-3-2-4-9-14/h5-6,11-12,14H,2-4,7-10,13H2,1H3. The van der Waals surface area contributed by atoms with E-state index in [2.05, 4.69) is 11.1 Å². The number of anilines is 1. The van der Waals surface area contributed by atoms with Crippen molar-refractivity contribution in [2.75, 3.05) is 11.9 Å². The van der Waals surface area contributed by atoms with Gasteiger partial charge in [-0.1, -0.05) is 55.6 Å². The molecule has 3 nitrogen and oxygen atoms in total. The molecule has 1 aromatic heterocycles. The number of benzene rings is 1. The minimum Gasteiger partial charge on any atom is -0.291 e. The SMILES string of the molecule is CN(C(=O)CCCC1CCCCC1)c1nc2ccccc2s1. The van der Waals surface area contributed by atoms with E-state index >= 15 is 0 Å². The maximum atomic E-state index is 12.4. The molecule has 0 aliphatic heterocycles. The van der Waals surface area contributed by atoms with Crippen LogP contribution in [0.3, 0.4) is 0 Å². The van der Waals surface area contributed by atoms with Crippen LogP contribution in [0.4, 0.5) is 5.13 Å². The minimum atomic E-state index is 0.190. The summed E-state index contributed by atoms with van der Waals surface area (Å²) >= 11 is 1.59. The van der Waals surface area contributed by atoms with Crippen LogP contribution in [0.25, 0.3) is 10.2 Å². The first-order valence-corrected chi connectivity index (χ1v) is 9.18. The summed E-state index contributed by atoms with van der Waals surface area (Å²) in [6, 6.07) is 8.04. The average molecular weight is 316 g/mol. The molecule has 0 N–H and O–H groups in total. The van der Waals surface area contributed by atoms with Crippen LogP contribution in [0.15, 0.2) is 24.3 Å². The van der Waals surface area contributed by atoms with E-state index in [4.69, 9.17) is 0 Å². The van der Waals surface area contributed by atoms with Crippen molar-refractivity contribution in [3.63, 3.8) is 0 Å². The Hall–Kier alpha value is -1.42. The average Bonchev–Trinajstić information content (AvgIpc) is 2.99. The van der Waals surface area contributed by atoms with Gasteiger partial charge in [-0.3, -0.25) is 9.69 Å². The minimum absolute atomic E-state index is 0.190. The summed E-state index contributed by atoms with van der Waals surface area (Å²) in [7, 11) is 1.85. The summed E-state index contributed by atoms with van der Waals surface area (Å²) < 4.78 is 1.14. The molecule has 118 valence electrons. The van der Waals surface area contributed by atoms with Crippen LogP contribution in [0, 0.1) is 5.92 Å². The van der Waals surface area contributed by atoms with E-state index in [9.17, 15) is 4.79 Å². The Kier molecular flexibility index (Phi) is 5.08. The molecule has 1 saturated carbocycles. The number of thiazole rings is 1. The Morgan fingerprint density at radius 2 is 2.05 bits per heavy atom. The molecule has 1 aliphatic carbocycles. The maximum Gasteiger partial charge on any atom is 0.228 e. The molecule has 1 heterocycles. The monoisotopic (exact) mass is 316 g/mol. The zero-order valence-electron chi connectivity index (χ0n) is 13.3. The second kappa shape index (κ2) is 7.23. The van der Waals surface area contributed by atoms with Gasteiger partial charge < -0.3 is 0 Å². The molecule has 0 radical (unpaired) electrons. The Morgan fingerprint density at radius 1 is 1.27 bits per heavy atom. The van der Waals surface area contributed by atoms with Crippen molar-refractivity contribution in [3.05, 3.63) is 24.3 Å². The Morgan fingerprint density at radius 3 is 2.82 bits per heavy atom. The molecule has 0 bridgehead atoms. The van der Waals surface area contributed by atoms with Gasteiger partial charge in [0.25, 0.3) is 0 Å². The highest BCUT2D eigenvalue weighted by Crippen LogP contribution is 2.30. The summed E-state index contributed by atoms with van der Waals surface area (Å²) in [5.74, 6) is 1.05. The van der Waals surface area contributed by atoms with Gasteiger partial charge >= 0.3 is 0 Å². The second-order valence-electron chi connectivity index (χ2n) is 6.31. The second-order valence-corrected chi connectivity index (χ2v) is 7.32. The molecule has 0 saturated heterocycles. The number of aromatic nitrogens is 1. The van der Waals surface area contributed by atoms with Gasteiger partial charge in [-0.15, -0.1) is 0 Å². The van der Waals surface area contributed by atoms with E-state index in [1.807, 2.05) is 25.2 Å². The number of fused-ring (bicyclic) bond motifs is 1. The highest BCUT2D eigenvalue weighted by molar-refractivity contribution is 7.22. The molecular formula is C18H24N2OS. The molecule has 0 unspecified atom stereocenters. The molecule has 1 fully saturated rings. The van der Waals surface area contributed by atoms with Gasteiger partial charge in [0.1, 0.15) is 0 Å². The van der Waals surface area contributed by atoms with Crippen LogP contribution < -0.4 is 4.90 Å². The molecule has 22 heavy (non-hydrogen) atoms. The van der Waals surface area contributed by atoms with Crippen molar-refractivity contribution >= 4 is 32.6 Å². The molecule has 0 atom stereocenters. The molecule has 3 rings (SSSR count). The van der Waals surface area contributed by atoms with Crippen molar-refractivity contribution < 1.29 is 4.79 Å². The molecule has 1 aromatic carbocycles. The Labute approximate surface area is 136 Å². The lowest BCUT2D eigenvalue weighted by Crippen LogP contribution is -2.25. The van der Waals surface area contributed by atoms with Crippen LogP contribution in [0.5, 0.6) is 0 Å². The summed E-state index contributed by atoms with van der Waals surface area (Å²) in [6.07, 6.45) is 9.75. The fraction of sp³-hybridized carbons (Fsp3) is 0.556. The van der Waals surface area contributed by atoms with Gasteiger partial charge in [0, 0.05) is 13.5 Å². The zero-order chi connectivity index (χ0) is 15.4. The first kappa shape index (κ1) is 15.5. The summed E-state index contributed by atoms with van der Waals surface area (Å²) in [4.78, 5) is 18.6. The smallest absolute Gasteiger partial charge is 0.228 e. The first-order chi connectivity index (χ1) is 10.7. The molecular weight excluding hydrogens is 292 g/mol. The van der Waals surface area contributed by atoms with Gasteiger partial charge in [-0.05, 0) is 30.9 Å². The normalized spacial score (nSPS) is 16.0. The highest BCUT2D eigenvalue weighted by atomic mass is 32.1. The quantitative estimate of drug-likeness (QED) is 0.777. The van der Waals surface area contributed by atoms with E-state index in [0.29, 0.717) is 6.42 Å². The van der Waals surface area contributed by atoms with Gasteiger partial charge in [0.15, 0.2) is 5.13 Å². The zero-order valence-corrected chi connectivity index (χ0v) is 14.1. The third-order valence-electron chi connectivity index (χ3n) is 4.67. The van der Waals surface area contributed by atoms with Crippen molar-refractivity contribution in [2.45, 2.75) is 51.4 Å². The van der Waals surface area contributed by atoms with Crippen LogP contribution in [0.2, 0.25) is 0 Å². The van der Waals surface area contributed by atoms with Gasteiger partial charge in [0.2, 0.25) is 5.91 Å². The molecule has 2 aromatic rings. The number of hydrogen-bond donors (Lipinski definition) is 0. The maximum absolute atomic E-state index is 12.4. The topological polar surface area (TPSA) is 33.2 Å². The Bertz CT molecular complexity index is 598. The largest absolute Gasteiger partial charge is 0.291 e. The number of rotatable bonds is 5. The molecule has 1 amide bonds. The summed E-state index contributed by atoms with van der Waals surface area (Å²) in [6.45, 7) is 0. The van der Waals surface area contributed by atoms with Crippen LogP contribution in [-0.4, -0.2) is 17.9 Å². The van der Waals surface area contributed by atoms with E-state index < -0.39 is 0 Å². The molecule has 4 heteroatoms. The third kappa shape index (κ3) is 3.67. The highest BCUT2D eigenvalue weighted by Gasteiger charge is 2.17. The van der Waals surface area contributed by atoms with E-state index in [0.717, 1.165) is 27.7 Å². The van der Waals surface area contributed by atoms with Crippen molar-refractivity contribution in [3.8, 4) is 0 Å². The van der Waals surface area contributed by atoms with E-state index in [1.165, 1.54) is 38.5 Å². The van der Waals surface area contributed by atoms with E-state index in [-0.39, 0.29) is 5.91 Å². The van der Waals surface area contributed by atoms with Crippen LogP contribution in [-0.2, 0) is 4.79 Å². The van der Waals surface area contributed by atoms with Gasteiger partial charge in [0.05, 0.1) is 10.2 Å². The van der Waals surface area contributed by atoms with Gasteiger partial charge in [-0.2, -0.15) is 0 Å². The van der Waals surface area contributed by atoms with Crippen molar-refractivity contribution in [1.82, 2.24) is 4.98 Å². The number of carbonyl (C=O) groups excluding carboxylic acids is 1. The first-order valence-electron chi connectivity index (χ1n) is 8.36. The number of amides is 1. The predicted molar refractivity (Wildman–Crippen MR) is 93.5 cm³/mol. The van der Waals surface area contributed by atoms with Gasteiger partial charge in [-0.25, -0.2) is 4.98 Å². The third-order valence-corrected chi connectivity index (χ3v) is 5.78. The van der Waals surface area contributed by atoms with Crippen LogP contribution >= 0.6 is 11.3 Å². The van der Waals surface area contributed by atoms with E-state index in [1.54, 1.807) is 16.2 Å². The summed E-state index contributed by atoms with van der Waals surface area (Å²) in [5, 5.41) is 0.809. The van der Waals surface area contributed by atoms with Crippen molar-refractivity contribution in [2.24, 2.45) is 5.92 Å². The molecule has 0 spiro atoms. The van der Waals surface area contributed by atoms with Crippen LogP contribution in [0.1, 0.15) is 51.4 Å². The number of carbonyl (C=O) groups is 1. The fourth-order valence-electron chi connectivity index (χ4n) is 3.30. The predicted octanol–water partition coefficient (Wildman–Crippen LogP) is 5.01. The number of hydrogen-bond acceptors (Lipinski definition) is 3.